The molecule has 0 bridgehead atoms. The van der Waals surface area contributed by atoms with Crippen LogP contribution in [0.5, 0.6) is 0 Å². The van der Waals surface area contributed by atoms with Gasteiger partial charge >= 0.3 is 5.97 Å². The number of hydrogen-bond donors (Lipinski definition) is 1. The molecular weight excluding hydrogens is 184 g/mol. The van der Waals surface area contributed by atoms with Crippen molar-refractivity contribution in [2.75, 3.05) is 0 Å². The summed E-state index contributed by atoms with van der Waals surface area (Å²) in [5.74, 6) is -0.736. The Morgan fingerprint density at radius 2 is 2.38 bits per heavy atom. The standard InChI is InChI=1S/C10H14O2S/c1-2-3-4-8-5-6-13-9(8)7-10(11)12/h5-6H,2-4,7H2,1H3,(H,11,12). The van der Waals surface area contributed by atoms with E-state index in [4.69, 9.17) is 5.11 Å². The summed E-state index contributed by atoms with van der Waals surface area (Å²) in [5.41, 5.74) is 1.22. The van der Waals surface area contributed by atoms with E-state index in [1.165, 1.54) is 5.56 Å². The SMILES string of the molecule is CCCCc1ccsc1CC(=O)O. The number of aliphatic carboxylic acids is 1. The second kappa shape index (κ2) is 5.02. The van der Waals surface area contributed by atoms with Crippen LogP contribution in [0.2, 0.25) is 0 Å². The third-order valence-corrected chi connectivity index (χ3v) is 2.91. The number of rotatable bonds is 5. The summed E-state index contributed by atoms with van der Waals surface area (Å²) in [4.78, 5) is 11.5. The first kappa shape index (κ1) is 10.3. The second-order valence-corrected chi connectivity index (χ2v) is 4.04. The first-order chi connectivity index (χ1) is 6.24. The fourth-order valence-electron chi connectivity index (χ4n) is 1.25. The normalized spacial score (nSPS) is 10.2. The van der Waals surface area contributed by atoms with Gasteiger partial charge in [-0.05, 0) is 29.9 Å². The maximum atomic E-state index is 10.5. The third-order valence-electron chi connectivity index (χ3n) is 1.95. The average Bonchev–Trinajstić information content (AvgIpc) is 2.48. The Morgan fingerprint density at radius 3 is 3.00 bits per heavy atom. The fourth-order valence-corrected chi connectivity index (χ4v) is 2.17. The van der Waals surface area contributed by atoms with E-state index in [0.29, 0.717) is 0 Å². The van der Waals surface area contributed by atoms with Crippen molar-refractivity contribution < 1.29 is 9.90 Å². The van der Waals surface area contributed by atoms with Crippen molar-refractivity contribution in [1.82, 2.24) is 0 Å². The van der Waals surface area contributed by atoms with Crippen LogP contribution >= 0.6 is 11.3 Å². The topological polar surface area (TPSA) is 37.3 Å². The Labute approximate surface area is 82.2 Å². The van der Waals surface area contributed by atoms with Crippen LogP contribution < -0.4 is 0 Å². The monoisotopic (exact) mass is 198 g/mol. The molecule has 1 aromatic heterocycles. The molecule has 1 heterocycles. The average molecular weight is 198 g/mol. The predicted octanol–water partition coefficient (Wildman–Crippen LogP) is 2.72. The smallest absolute Gasteiger partial charge is 0.308 e. The van der Waals surface area contributed by atoms with Crippen molar-refractivity contribution in [2.45, 2.75) is 32.6 Å². The lowest BCUT2D eigenvalue weighted by atomic mass is 10.1. The quantitative estimate of drug-likeness (QED) is 0.789. The summed E-state index contributed by atoms with van der Waals surface area (Å²) in [6, 6.07) is 2.04. The van der Waals surface area contributed by atoms with Crippen LogP contribution in [0, 0.1) is 0 Å². The highest BCUT2D eigenvalue weighted by Crippen LogP contribution is 2.19. The molecular formula is C10H14O2S. The largest absolute Gasteiger partial charge is 0.481 e. The zero-order valence-electron chi connectivity index (χ0n) is 7.75. The summed E-state index contributed by atoms with van der Waals surface area (Å²) in [5, 5.41) is 10.6. The van der Waals surface area contributed by atoms with E-state index in [9.17, 15) is 4.79 Å². The number of carbonyl (C=O) groups is 1. The van der Waals surface area contributed by atoms with Crippen LogP contribution in [-0.2, 0) is 17.6 Å². The van der Waals surface area contributed by atoms with Gasteiger partial charge in [0.2, 0.25) is 0 Å². The number of unbranched alkanes of at least 4 members (excludes halogenated alkanes) is 1. The molecule has 0 amide bonds. The molecule has 0 aromatic carbocycles. The van der Waals surface area contributed by atoms with Crippen LogP contribution in [-0.4, -0.2) is 11.1 Å². The number of aryl methyl sites for hydroxylation is 1. The van der Waals surface area contributed by atoms with E-state index in [-0.39, 0.29) is 6.42 Å². The van der Waals surface area contributed by atoms with E-state index in [0.717, 1.165) is 24.1 Å². The highest BCUT2D eigenvalue weighted by molar-refractivity contribution is 7.10. The lowest BCUT2D eigenvalue weighted by Gasteiger charge is -1.99. The van der Waals surface area contributed by atoms with Crippen molar-refractivity contribution in [3.8, 4) is 0 Å². The van der Waals surface area contributed by atoms with Crippen LogP contribution in [0.1, 0.15) is 30.2 Å². The molecule has 2 nitrogen and oxygen atoms in total. The Bertz CT molecular complexity index is 278. The summed E-state index contributed by atoms with van der Waals surface area (Å²) in [6.07, 6.45) is 3.49. The molecule has 1 N–H and O–H groups in total. The van der Waals surface area contributed by atoms with Gasteiger partial charge in [0.1, 0.15) is 0 Å². The number of carboxylic acids is 1. The van der Waals surface area contributed by atoms with Gasteiger partial charge in [-0.25, -0.2) is 0 Å². The number of hydrogen-bond acceptors (Lipinski definition) is 2. The highest BCUT2D eigenvalue weighted by Gasteiger charge is 2.07. The van der Waals surface area contributed by atoms with Gasteiger partial charge in [0.15, 0.2) is 0 Å². The molecule has 0 atom stereocenters. The van der Waals surface area contributed by atoms with Crippen molar-refractivity contribution in [2.24, 2.45) is 0 Å². The van der Waals surface area contributed by atoms with Gasteiger partial charge in [-0.2, -0.15) is 0 Å². The summed E-state index contributed by atoms with van der Waals surface area (Å²) >= 11 is 1.55. The van der Waals surface area contributed by atoms with Crippen molar-refractivity contribution >= 4 is 17.3 Å². The van der Waals surface area contributed by atoms with E-state index < -0.39 is 5.97 Å². The van der Waals surface area contributed by atoms with E-state index in [1.54, 1.807) is 11.3 Å². The van der Waals surface area contributed by atoms with Gasteiger partial charge in [-0.1, -0.05) is 13.3 Å². The van der Waals surface area contributed by atoms with Crippen molar-refractivity contribution in [3.63, 3.8) is 0 Å². The Morgan fingerprint density at radius 1 is 1.62 bits per heavy atom. The highest BCUT2D eigenvalue weighted by atomic mass is 32.1. The zero-order chi connectivity index (χ0) is 9.68. The number of carboxylic acid groups (broad SMARTS) is 1. The van der Waals surface area contributed by atoms with Crippen LogP contribution in [0.4, 0.5) is 0 Å². The van der Waals surface area contributed by atoms with E-state index in [1.807, 2.05) is 11.4 Å². The summed E-state index contributed by atoms with van der Waals surface area (Å²) in [6.45, 7) is 2.14. The maximum Gasteiger partial charge on any atom is 0.308 e. The summed E-state index contributed by atoms with van der Waals surface area (Å²) < 4.78 is 0. The van der Waals surface area contributed by atoms with Gasteiger partial charge in [0.05, 0.1) is 6.42 Å². The predicted molar refractivity (Wildman–Crippen MR) is 54.3 cm³/mol. The van der Waals surface area contributed by atoms with Gasteiger partial charge < -0.3 is 5.11 Å². The zero-order valence-corrected chi connectivity index (χ0v) is 8.56. The Hall–Kier alpha value is -0.830. The first-order valence-electron chi connectivity index (χ1n) is 4.51. The minimum atomic E-state index is -0.736. The molecule has 0 aliphatic heterocycles. The van der Waals surface area contributed by atoms with Crippen LogP contribution in [0.15, 0.2) is 11.4 Å². The van der Waals surface area contributed by atoms with Gasteiger partial charge in [0.25, 0.3) is 0 Å². The van der Waals surface area contributed by atoms with E-state index >= 15 is 0 Å². The molecule has 0 fully saturated rings. The summed E-state index contributed by atoms with van der Waals surface area (Å²) in [7, 11) is 0. The molecule has 0 saturated carbocycles. The molecule has 0 aliphatic carbocycles. The number of thiophene rings is 1. The lowest BCUT2D eigenvalue weighted by Crippen LogP contribution is -2.00. The van der Waals surface area contributed by atoms with Crippen LogP contribution in [0.3, 0.4) is 0 Å². The molecule has 0 unspecified atom stereocenters. The molecule has 0 aliphatic rings. The van der Waals surface area contributed by atoms with Crippen LogP contribution in [0.25, 0.3) is 0 Å². The van der Waals surface area contributed by atoms with E-state index in [2.05, 4.69) is 6.92 Å². The molecule has 1 aromatic rings. The van der Waals surface area contributed by atoms with Gasteiger partial charge in [-0.15, -0.1) is 11.3 Å². The molecule has 0 radical (unpaired) electrons. The second-order valence-electron chi connectivity index (χ2n) is 3.04. The molecule has 0 saturated heterocycles. The third kappa shape index (κ3) is 3.19. The Balaban J connectivity index is 2.60. The lowest BCUT2D eigenvalue weighted by molar-refractivity contribution is -0.136. The van der Waals surface area contributed by atoms with Crippen molar-refractivity contribution in [3.05, 3.63) is 21.9 Å². The van der Waals surface area contributed by atoms with Crippen molar-refractivity contribution in [1.29, 1.82) is 0 Å². The molecule has 0 spiro atoms. The minimum absolute atomic E-state index is 0.177. The molecule has 13 heavy (non-hydrogen) atoms. The van der Waals surface area contributed by atoms with Gasteiger partial charge in [-0.3, -0.25) is 4.79 Å². The molecule has 3 heteroatoms. The maximum absolute atomic E-state index is 10.5. The Kier molecular flexibility index (Phi) is 3.96. The molecule has 72 valence electrons. The fraction of sp³-hybridized carbons (Fsp3) is 0.500. The van der Waals surface area contributed by atoms with Gasteiger partial charge in [0, 0.05) is 4.88 Å². The minimum Gasteiger partial charge on any atom is -0.481 e. The molecule has 1 rings (SSSR count). The first-order valence-corrected chi connectivity index (χ1v) is 5.39.